The van der Waals surface area contributed by atoms with Crippen molar-refractivity contribution in [2.45, 2.75) is 20.3 Å². The molecule has 116 valence electrons. The smallest absolute Gasteiger partial charge is 0.160 e. The first-order valence-corrected chi connectivity index (χ1v) is 7.16. The fraction of sp³-hybridized carbons (Fsp3) is 0.211. The van der Waals surface area contributed by atoms with Crippen molar-refractivity contribution in [3.05, 3.63) is 73.4 Å². The van der Waals surface area contributed by atoms with E-state index in [1.54, 1.807) is 0 Å². The molecule has 1 aromatic rings. The summed E-state index contributed by atoms with van der Waals surface area (Å²) in [6.45, 7) is 17.9. The largest absolute Gasteiger partial charge is 0.266 e. The van der Waals surface area contributed by atoms with Gasteiger partial charge < -0.3 is 0 Å². The Bertz CT molecular complexity index is 551. The predicted molar refractivity (Wildman–Crippen MR) is 100 cm³/mol. The molecular weight excluding hydrogens is 270 g/mol. The molecule has 1 aromatic carbocycles. The first-order valence-electron chi connectivity index (χ1n) is 7.16. The van der Waals surface area contributed by atoms with E-state index in [1.165, 1.54) is 0 Å². The highest BCUT2D eigenvalue weighted by molar-refractivity contribution is 6.08. The van der Waals surface area contributed by atoms with Gasteiger partial charge in [0.25, 0.3) is 0 Å². The van der Waals surface area contributed by atoms with E-state index >= 15 is 0 Å². The summed E-state index contributed by atoms with van der Waals surface area (Å²) in [6, 6.07) is 9.79. The van der Waals surface area contributed by atoms with Crippen LogP contribution in [0.4, 0.5) is 0 Å². The minimum absolute atomic E-state index is 0.589. The van der Waals surface area contributed by atoms with Gasteiger partial charge in [0.05, 0.1) is 6.54 Å². The van der Waals surface area contributed by atoms with Gasteiger partial charge >= 0.3 is 0 Å². The zero-order chi connectivity index (χ0) is 16.8. The first kappa shape index (κ1) is 19.4. The lowest BCUT2D eigenvalue weighted by atomic mass is 10.2. The number of hydrogen-bond acceptors (Lipinski definition) is 1. The van der Waals surface area contributed by atoms with Crippen LogP contribution in [0.5, 0.6) is 0 Å². The molecule has 0 aromatic heterocycles. The molecule has 3 nitrogen and oxygen atoms in total. The summed E-state index contributed by atoms with van der Waals surface area (Å²) >= 11 is 0. The third-order valence-electron chi connectivity index (χ3n) is 2.81. The molecule has 3 heteroatoms. The lowest BCUT2D eigenvalue weighted by Gasteiger charge is -2.03. The van der Waals surface area contributed by atoms with Gasteiger partial charge in [-0.1, -0.05) is 56.0 Å². The maximum absolute atomic E-state index is 4.50. The van der Waals surface area contributed by atoms with E-state index in [9.17, 15) is 0 Å². The number of amidine groups is 2. The van der Waals surface area contributed by atoms with Gasteiger partial charge in [-0.2, -0.15) is 0 Å². The second-order valence-corrected chi connectivity index (χ2v) is 4.11. The number of allylic oxidation sites excluding steroid dienone is 1. The highest BCUT2D eigenvalue weighted by Gasteiger charge is 2.02. The number of nitrogens with zero attached hydrogens (tertiary/aromatic N) is 3. The van der Waals surface area contributed by atoms with Gasteiger partial charge in [-0.3, -0.25) is 4.99 Å². The average Bonchev–Trinajstić information content (AvgIpc) is 2.61. The molecule has 0 aliphatic heterocycles. The summed E-state index contributed by atoms with van der Waals surface area (Å²) in [5.41, 5.74) is 2.03. The van der Waals surface area contributed by atoms with Gasteiger partial charge in [-0.25, -0.2) is 9.98 Å². The van der Waals surface area contributed by atoms with E-state index in [1.807, 2.05) is 56.3 Å². The van der Waals surface area contributed by atoms with Crippen LogP contribution < -0.4 is 0 Å². The van der Waals surface area contributed by atoms with Crippen LogP contribution in [0.3, 0.4) is 0 Å². The molecule has 0 aliphatic rings. The van der Waals surface area contributed by atoms with Crippen molar-refractivity contribution in [3.63, 3.8) is 0 Å². The van der Waals surface area contributed by atoms with Gasteiger partial charge in [0, 0.05) is 12.0 Å². The van der Waals surface area contributed by atoms with Crippen molar-refractivity contribution in [2.75, 3.05) is 6.54 Å². The molecule has 0 spiro atoms. The molecule has 0 N–H and O–H groups in total. The fourth-order valence-electron chi connectivity index (χ4n) is 1.58. The van der Waals surface area contributed by atoms with Crippen molar-refractivity contribution >= 4 is 18.4 Å². The summed E-state index contributed by atoms with van der Waals surface area (Å²) in [4.78, 5) is 13.0. The van der Waals surface area contributed by atoms with Crippen LogP contribution in [0.1, 0.15) is 25.8 Å². The molecule has 0 aliphatic carbocycles. The zero-order valence-corrected chi connectivity index (χ0v) is 13.6. The van der Waals surface area contributed by atoms with E-state index in [-0.39, 0.29) is 0 Å². The Morgan fingerprint density at radius 3 is 2.27 bits per heavy atom. The van der Waals surface area contributed by atoms with Crippen molar-refractivity contribution in [1.29, 1.82) is 0 Å². The third kappa shape index (κ3) is 6.75. The van der Waals surface area contributed by atoms with Gasteiger partial charge in [0.15, 0.2) is 5.84 Å². The Labute approximate surface area is 134 Å². The molecule has 0 bridgehead atoms. The average molecular weight is 295 g/mol. The highest BCUT2D eigenvalue weighted by atomic mass is 15.0. The van der Waals surface area contributed by atoms with Crippen LogP contribution in [0.25, 0.3) is 0 Å². The summed E-state index contributed by atoms with van der Waals surface area (Å²) < 4.78 is 0. The summed E-state index contributed by atoms with van der Waals surface area (Å²) in [5, 5.41) is 0. The Hall–Kier alpha value is -2.55. The monoisotopic (exact) mass is 295 g/mol. The maximum atomic E-state index is 4.50. The van der Waals surface area contributed by atoms with E-state index < -0.39 is 0 Å². The van der Waals surface area contributed by atoms with Crippen LogP contribution in [-0.2, 0) is 0 Å². The van der Waals surface area contributed by atoms with Gasteiger partial charge in [-0.15, -0.1) is 13.2 Å². The standard InChI is InChI=1S/C17H21N3.C2H4/c1-5-14(6-2)13-19-16(7-3)20-17(18-4)15-11-9-8-10-12-15;1-2/h5-6,8-12H,1,4,7,13H2,2-3H3;1-2H2/b14-6+,19-16?,20-17?;. The number of benzene rings is 1. The zero-order valence-electron chi connectivity index (χ0n) is 13.6. The maximum Gasteiger partial charge on any atom is 0.160 e. The summed E-state index contributed by atoms with van der Waals surface area (Å²) in [5.74, 6) is 1.37. The molecule has 22 heavy (non-hydrogen) atoms. The van der Waals surface area contributed by atoms with Crippen molar-refractivity contribution in [2.24, 2.45) is 15.0 Å². The Balaban J connectivity index is 0.00000211. The van der Waals surface area contributed by atoms with E-state index in [0.29, 0.717) is 12.4 Å². The van der Waals surface area contributed by atoms with Crippen LogP contribution in [0.15, 0.2) is 82.8 Å². The quantitative estimate of drug-likeness (QED) is 0.321. The third-order valence-corrected chi connectivity index (χ3v) is 2.81. The predicted octanol–water partition coefficient (Wildman–Crippen LogP) is 4.88. The molecule has 0 amide bonds. The minimum atomic E-state index is 0.589. The second kappa shape index (κ2) is 12.2. The van der Waals surface area contributed by atoms with Gasteiger partial charge in [-0.05, 0) is 19.2 Å². The molecule has 0 saturated carbocycles. The SMILES string of the molecule is C=C.C=C/C(=C\C)CN=C(CC)N=C(N=C)c1ccccc1. The Morgan fingerprint density at radius 1 is 1.18 bits per heavy atom. The minimum Gasteiger partial charge on any atom is -0.266 e. The number of aliphatic imine (C=N–C) groups is 3. The lowest BCUT2D eigenvalue weighted by molar-refractivity contribution is 1.12. The summed E-state index contributed by atoms with van der Waals surface area (Å²) in [6.07, 6.45) is 4.56. The van der Waals surface area contributed by atoms with E-state index in [2.05, 4.69) is 41.4 Å². The number of hydrogen-bond donors (Lipinski definition) is 0. The number of rotatable bonds is 5. The van der Waals surface area contributed by atoms with E-state index in [0.717, 1.165) is 23.4 Å². The molecule has 0 atom stereocenters. The Morgan fingerprint density at radius 2 is 1.82 bits per heavy atom. The van der Waals surface area contributed by atoms with Crippen LogP contribution in [-0.4, -0.2) is 24.9 Å². The highest BCUT2D eigenvalue weighted by Crippen LogP contribution is 2.05. The normalized spacial score (nSPS) is 12.2. The van der Waals surface area contributed by atoms with Crippen LogP contribution >= 0.6 is 0 Å². The molecular formula is C19H25N3. The molecule has 1 rings (SSSR count). The second-order valence-electron chi connectivity index (χ2n) is 4.11. The summed E-state index contributed by atoms with van der Waals surface area (Å²) in [7, 11) is 0. The molecule has 0 fully saturated rings. The van der Waals surface area contributed by atoms with E-state index in [4.69, 9.17) is 0 Å². The van der Waals surface area contributed by atoms with Crippen molar-refractivity contribution in [3.8, 4) is 0 Å². The molecule has 0 saturated heterocycles. The molecule has 0 radical (unpaired) electrons. The van der Waals surface area contributed by atoms with Crippen LogP contribution in [0, 0.1) is 0 Å². The van der Waals surface area contributed by atoms with Crippen molar-refractivity contribution < 1.29 is 0 Å². The molecule has 0 heterocycles. The van der Waals surface area contributed by atoms with Crippen LogP contribution in [0.2, 0.25) is 0 Å². The fourth-order valence-corrected chi connectivity index (χ4v) is 1.58. The Kier molecular flexibility index (Phi) is 10.8. The van der Waals surface area contributed by atoms with Crippen molar-refractivity contribution in [1.82, 2.24) is 0 Å². The topological polar surface area (TPSA) is 37.1 Å². The molecule has 0 unspecified atom stereocenters. The van der Waals surface area contributed by atoms with Gasteiger partial charge in [0.1, 0.15) is 5.84 Å². The van der Waals surface area contributed by atoms with Gasteiger partial charge in [0.2, 0.25) is 0 Å². The lowest BCUT2D eigenvalue weighted by Crippen LogP contribution is -2.03. The first-order chi connectivity index (χ1) is 10.7.